The molecule has 1 fully saturated rings. The van der Waals surface area contributed by atoms with Crippen molar-refractivity contribution in [3.8, 4) is 0 Å². The quantitative estimate of drug-likeness (QED) is 0.802. The Morgan fingerprint density at radius 2 is 2.18 bits per heavy atom. The van der Waals surface area contributed by atoms with Crippen molar-refractivity contribution in [2.75, 3.05) is 13.2 Å². The van der Waals surface area contributed by atoms with Gasteiger partial charge in [0.2, 0.25) is 5.91 Å². The molecule has 0 bridgehead atoms. The standard InChI is InChI=1S/C13H17NO3/c15-12-9-17-7-6-11(12)14-13(16)8-10-4-2-1-3-5-10/h1-5,11-12,15H,6-9H2,(H,14,16)/t11-,12-/m1/s1. The van der Waals surface area contributed by atoms with Crippen LogP contribution < -0.4 is 5.32 Å². The first kappa shape index (κ1) is 12.1. The van der Waals surface area contributed by atoms with Crippen molar-refractivity contribution >= 4 is 5.91 Å². The Morgan fingerprint density at radius 3 is 2.88 bits per heavy atom. The average Bonchev–Trinajstić information content (AvgIpc) is 2.33. The fraction of sp³-hybridized carbons (Fsp3) is 0.462. The van der Waals surface area contributed by atoms with Gasteiger partial charge in [0.15, 0.2) is 0 Å². The van der Waals surface area contributed by atoms with Gasteiger partial charge in [0, 0.05) is 6.61 Å². The van der Waals surface area contributed by atoms with Crippen LogP contribution in [-0.4, -0.2) is 36.4 Å². The van der Waals surface area contributed by atoms with Crippen LogP contribution in [0.2, 0.25) is 0 Å². The van der Waals surface area contributed by atoms with Crippen LogP contribution in [-0.2, 0) is 16.0 Å². The Kier molecular flexibility index (Phi) is 4.12. The Balaban J connectivity index is 1.84. The largest absolute Gasteiger partial charge is 0.389 e. The lowest BCUT2D eigenvalue weighted by Crippen LogP contribution is -2.49. The van der Waals surface area contributed by atoms with Crippen LogP contribution in [0, 0.1) is 0 Å². The van der Waals surface area contributed by atoms with Gasteiger partial charge in [0.25, 0.3) is 0 Å². The number of hydrogen-bond donors (Lipinski definition) is 2. The predicted molar refractivity (Wildman–Crippen MR) is 63.5 cm³/mol. The highest BCUT2D eigenvalue weighted by molar-refractivity contribution is 5.78. The van der Waals surface area contributed by atoms with Gasteiger partial charge in [-0.15, -0.1) is 0 Å². The number of aliphatic hydroxyl groups is 1. The first-order chi connectivity index (χ1) is 8.25. The van der Waals surface area contributed by atoms with Crippen LogP contribution in [0.1, 0.15) is 12.0 Å². The molecule has 1 heterocycles. The van der Waals surface area contributed by atoms with Crippen LogP contribution >= 0.6 is 0 Å². The summed E-state index contributed by atoms with van der Waals surface area (Å²) in [4.78, 5) is 11.8. The lowest BCUT2D eigenvalue weighted by Gasteiger charge is -2.28. The molecule has 0 saturated carbocycles. The van der Waals surface area contributed by atoms with Crippen molar-refractivity contribution in [1.29, 1.82) is 0 Å². The second kappa shape index (κ2) is 5.80. The van der Waals surface area contributed by atoms with Gasteiger partial charge in [-0.1, -0.05) is 30.3 Å². The van der Waals surface area contributed by atoms with Gasteiger partial charge in [-0.05, 0) is 12.0 Å². The molecule has 0 radical (unpaired) electrons. The molecule has 17 heavy (non-hydrogen) atoms. The van der Waals surface area contributed by atoms with E-state index in [-0.39, 0.29) is 11.9 Å². The smallest absolute Gasteiger partial charge is 0.224 e. The van der Waals surface area contributed by atoms with Gasteiger partial charge in [-0.3, -0.25) is 4.79 Å². The van der Waals surface area contributed by atoms with E-state index in [1.165, 1.54) is 0 Å². The molecule has 1 saturated heterocycles. The number of carbonyl (C=O) groups is 1. The van der Waals surface area contributed by atoms with E-state index in [4.69, 9.17) is 4.74 Å². The van der Waals surface area contributed by atoms with E-state index in [0.717, 1.165) is 5.56 Å². The Hall–Kier alpha value is -1.39. The molecule has 1 aromatic rings. The second-order valence-electron chi connectivity index (χ2n) is 4.27. The Labute approximate surface area is 101 Å². The number of hydrogen-bond acceptors (Lipinski definition) is 3. The summed E-state index contributed by atoms with van der Waals surface area (Å²) >= 11 is 0. The third kappa shape index (κ3) is 3.54. The van der Waals surface area contributed by atoms with Gasteiger partial charge in [0.05, 0.1) is 25.2 Å². The number of aliphatic hydroxyl groups excluding tert-OH is 1. The second-order valence-corrected chi connectivity index (χ2v) is 4.27. The van der Waals surface area contributed by atoms with Gasteiger partial charge < -0.3 is 15.2 Å². The predicted octanol–water partition coefficient (Wildman–Crippen LogP) is 0.495. The zero-order chi connectivity index (χ0) is 12.1. The molecule has 2 atom stereocenters. The summed E-state index contributed by atoms with van der Waals surface area (Å²) in [6.07, 6.45) is 0.426. The molecule has 1 aliphatic rings. The maximum absolute atomic E-state index is 11.8. The van der Waals surface area contributed by atoms with Gasteiger partial charge in [0.1, 0.15) is 0 Å². The number of amides is 1. The summed E-state index contributed by atoms with van der Waals surface area (Å²) < 4.78 is 5.11. The summed E-state index contributed by atoms with van der Waals surface area (Å²) in [6, 6.07) is 9.39. The van der Waals surface area contributed by atoms with Crippen LogP contribution in [0.4, 0.5) is 0 Å². The lowest BCUT2D eigenvalue weighted by atomic mass is 10.1. The Morgan fingerprint density at radius 1 is 1.41 bits per heavy atom. The fourth-order valence-corrected chi connectivity index (χ4v) is 1.93. The number of benzene rings is 1. The van der Waals surface area contributed by atoms with Crippen LogP contribution in [0.25, 0.3) is 0 Å². The number of nitrogens with one attached hydrogen (secondary N) is 1. The molecule has 0 aliphatic carbocycles. The number of ether oxygens (including phenoxy) is 1. The molecule has 0 spiro atoms. The molecule has 1 aromatic carbocycles. The molecular formula is C13H17NO3. The zero-order valence-corrected chi connectivity index (χ0v) is 9.63. The van der Waals surface area contributed by atoms with E-state index in [9.17, 15) is 9.90 Å². The molecule has 92 valence electrons. The summed E-state index contributed by atoms with van der Waals surface area (Å²) in [5, 5.41) is 12.5. The van der Waals surface area contributed by atoms with E-state index in [1.807, 2.05) is 30.3 Å². The van der Waals surface area contributed by atoms with Crippen molar-refractivity contribution in [3.63, 3.8) is 0 Å². The summed E-state index contributed by atoms with van der Waals surface area (Å²) in [6.45, 7) is 0.892. The summed E-state index contributed by atoms with van der Waals surface area (Å²) in [5.74, 6) is -0.0536. The molecule has 2 N–H and O–H groups in total. The van der Waals surface area contributed by atoms with Crippen LogP contribution in [0.5, 0.6) is 0 Å². The SMILES string of the molecule is O=C(Cc1ccccc1)N[C@@H]1CCOC[C@H]1O. The summed E-state index contributed by atoms with van der Waals surface area (Å²) in [7, 11) is 0. The maximum atomic E-state index is 11.8. The zero-order valence-electron chi connectivity index (χ0n) is 9.63. The van der Waals surface area contributed by atoms with Crippen molar-refractivity contribution in [1.82, 2.24) is 5.32 Å². The molecular weight excluding hydrogens is 218 g/mol. The fourth-order valence-electron chi connectivity index (χ4n) is 1.93. The molecule has 2 rings (SSSR count). The van der Waals surface area contributed by atoms with E-state index < -0.39 is 6.10 Å². The van der Waals surface area contributed by atoms with Crippen molar-refractivity contribution in [2.24, 2.45) is 0 Å². The first-order valence-electron chi connectivity index (χ1n) is 5.85. The molecule has 4 heteroatoms. The van der Waals surface area contributed by atoms with Crippen molar-refractivity contribution < 1.29 is 14.6 Å². The highest BCUT2D eigenvalue weighted by Crippen LogP contribution is 2.08. The van der Waals surface area contributed by atoms with Crippen molar-refractivity contribution in [2.45, 2.75) is 25.0 Å². The lowest BCUT2D eigenvalue weighted by molar-refractivity contribution is -0.123. The van der Waals surface area contributed by atoms with E-state index in [0.29, 0.717) is 26.1 Å². The molecule has 4 nitrogen and oxygen atoms in total. The van der Waals surface area contributed by atoms with E-state index in [1.54, 1.807) is 0 Å². The minimum Gasteiger partial charge on any atom is -0.389 e. The molecule has 0 unspecified atom stereocenters. The van der Waals surface area contributed by atoms with Crippen molar-refractivity contribution in [3.05, 3.63) is 35.9 Å². The third-order valence-corrected chi connectivity index (χ3v) is 2.88. The van der Waals surface area contributed by atoms with Crippen LogP contribution in [0.15, 0.2) is 30.3 Å². The monoisotopic (exact) mass is 235 g/mol. The van der Waals surface area contributed by atoms with E-state index >= 15 is 0 Å². The minimum atomic E-state index is -0.594. The first-order valence-corrected chi connectivity index (χ1v) is 5.85. The highest BCUT2D eigenvalue weighted by Gasteiger charge is 2.24. The minimum absolute atomic E-state index is 0.0536. The summed E-state index contributed by atoms with van der Waals surface area (Å²) in [5.41, 5.74) is 0.978. The van der Waals surface area contributed by atoms with Gasteiger partial charge in [-0.2, -0.15) is 0 Å². The van der Waals surface area contributed by atoms with Gasteiger partial charge >= 0.3 is 0 Å². The van der Waals surface area contributed by atoms with Gasteiger partial charge in [-0.25, -0.2) is 0 Å². The van der Waals surface area contributed by atoms with Crippen LogP contribution in [0.3, 0.4) is 0 Å². The average molecular weight is 235 g/mol. The number of rotatable bonds is 3. The normalized spacial score (nSPS) is 24.3. The molecule has 1 aliphatic heterocycles. The molecule has 0 aromatic heterocycles. The number of carbonyl (C=O) groups excluding carboxylic acids is 1. The topological polar surface area (TPSA) is 58.6 Å². The highest BCUT2D eigenvalue weighted by atomic mass is 16.5. The van der Waals surface area contributed by atoms with E-state index in [2.05, 4.69) is 5.32 Å². The molecule has 1 amide bonds. The maximum Gasteiger partial charge on any atom is 0.224 e. The third-order valence-electron chi connectivity index (χ3n) is 2.88. The Bertz CT molecular complexity index is 366.